The number of imide groups is 1. The molecule has 0 aromatic heterocycles. The van der Waals surface area contributed by atoms with Gasteiger partial charge in [0.25, 0.3) is 5.91 Å². The van der Waals surface area contributed by atoms with Crippen LogP contribution in [0.2, 0.25) is 0 Å². The van der Waals surface area contributed by atoms with Crippen molar-refractivity contribution in [3.05, 3.63) is 34.6 Å². The molecular formula is C26H36FN3O4. The first-order chi connectivity index (χ1) is 16.1. The third kappa shape index (κ3) is 3.85. The van der Waals surface area contributed by atoms with E-state index in [1.54, 1.807) is 12.1 Å². The number of amides is 3. The number of hydrogen-bond acceptors (Lipinski definition) is 5. The Labute approximate surface area is 200 Å². The lowest BCUT2D eigenvalue weighted by Gasteiger charge is -2.54. The molecule has 0 spiro atoms. The Morgan fingerprint density at radius 2 is 1.91 bits per heavy atom. The lowest BCUT2D eigenvalue weighted by molar-refractivity contribution is -0.150. The maximum atomic E-state index is 16.1. The monoisotopic (exact) mass is 473 g/mol. The number of nitrogens with zero attached hydrogens (tertiary/aromatic N) is 2. The van der Waals surface area contributed by atoms with Crippen LogP contribution >= 0.6 is 0 Å². The van der Waals surface area contributed by atoms with Crippen molar-refractivity contribution < 1.29 is 23.9 Å². The van der Waals surface area contributed by atoms with Crippen LogP contribution in [0.3, 0.4) is 0 Å². The molecule has 0 unspecified atom stereocenters. The minimum absolute atomic E-state index is 0.0408. The van der Waals surface area contributed by atoms with E-state index >= 15 is 4.39 Å². The molecule has 2 fully saturated rings. The van der Waals surface area contributed by atoms with E-state index in [0.29, 0.717) is 38.3 Å². The van der Waals surface area contributed by atoms with Gasteiger partial charge in [-0.2, -0.15) is 0 Å². The number of nitrogens with one attached hydrogen (secondary N) is 1. The number of carbonyl (C=O) groups is 3. The van der Waals surface area contributed by atoms with Gasteiger partial charge < -0.3 is 14.9 Å². The summed E-state index contributed by atoms with van der Waals surface area (Å²) < 4.78 is 16.1. The van der Waals surface area contributed by atoms with Crippen LogP contribution in [-0.2, 0) is 21.7 Å². The first-order valence-corrected chi connectivity index (χ1v) is 12.5. The largest absolute Gasteiger partial charge is 0.384 e. The van der Waals surface area contributed by atoms with Crippen molar-refractivity contribution in [3.63, 3.8) is 0 Å². The summed E-state index contributed by atoms with van der Waals surface area (Å²) in [6.45, 7) is 10.7. The van der Waals surface area contributed by atoms with Gasteiger partial charge in [-0.05, 0) is 37.7 Å². The summed E-state index contributed by atoms with van der Waals surface area (Å²) in [5.74, 6) is -1.35. The molecule has 0 aliphatic carbocycles. The van der Waals surface area contributed by atoms with Gasteiger partial charge in [-0.25, -0.2) is 4.39 Å². The molecular weight excluding hydrogens is 437 g/mol. The van der Waals surface area contributed by atoms with Crippen molar-refractivity contribution in [1.29, 1.82) is 0 Å². The zero-order valence-corrected chi connectivity index (χ0v) is 20.6. The fraction of sp³-hybridized carbons (Fsp3) is 0.654. The van der Waals surface area contributed by atoms with Crippen molar-refractivity contribution in [3.8, 4) is 0 Å². The van der Waals surface area contributed by atoms with Crippen LogP contribution in [0.4, 0.5) is 4.39 Å². The quantitative estimate of drug-likeness (QED) is 0.620. The van der Waals surface area contributed by atoms with E-state index in [1.165, 1.54) is 4.90 Å². The van der Waals surface area contributed by atoms with Gasteiger partial charge in [-0.15, -0.1) is 0 Å². The number of carbonyl (C=O) groups excluding carboxylic acids is 3. The summed E-state index contributed by atoms with van der Waals surface area (Å²) in [5.41, 5.74) is -1.16. The molecule has 3 aliphatic rings. The zero-order chi connectivity index (χ0) is 24.8. The van der Waals surface area contributed by atoms with Crippen molar-refractivity contribution in [2.24, 2.45) is 11.3 Å². The van der Waals surface area contributed by atoms with Crippen LogP contribution in [0.15, 0.2) is 12.1 Å². The first kappa shape index (κ1) is 24.8. The van der Waals surface area contributed by atoms with E-state index in [2.05, 4.69) is 24.1 Å². The lowest BCUT2D eigenvalue weighted by Crippen LogP contribution is -2.58. The van der Waals surface area contributed by atoms with Crippen LogP contribution in [0.5, 0.6) is 0 Å². The number of hydrogen-bond donors (Lipinski definition) is 2. The Balaban J connectivity index is 1.68. The van der Waals surface area contributed by atoms with E-state index in [0.717, 1.165) is 6.54 Å². The molecule has 4 rings (SSSR count). The number of likely N-dealkylation sites (tertiary alicyclic amines) is 1. The average Bonchev–Trinajstić information content (AvgIpc) is 3.12. The van der Waals surface area contributed by atoms with Gasteiger partial charge in [0.2, 0.25) is 11.8 Å². The first-order valence-electron chi connectivity index (χ1n) is 12.5. The van der Waals surface area contributed by atoms with E-state index < -0.39 is 34.7 Å². The third-order valence-corrected chi connectivity index (χ3v) is 8.27. The molecule has 0 radical (unpaired) electrons. The molecule has 7 nitrogen and oxygen atoms in total. The molecule has 2 atom stereocenters. The molecule has 34 heavy (non-hydrogen) atoms. The summed E-state index contributed by atoms with van der Waals surface area (Å²) >= 11 is 0. The SMILES string of the molecule is CCC1(CC)CN(CC(C)C)CC[C@@]1(O)c1ccc2c(c1F)CN([C@@H]1CCC(=O)NC1=O)C2=O. The third-order valence-electron chi connectivity index (χ3n) is 8.27. The molecule has 2 saturated heterocycles. The fourth-order valence-electron chi connectivity index (χ4n) is 6.30. The molecule has 1 aromatic rings. The second kappa shape index (κ2) is 9.04. The summed E-state index contributed by atoms with van der Waals surface area (Å²) in [4.78, 5) is 40.6. The Bertz CT molecular complexity index is 1010. The normalized spacial score (nSPS) is 27.3. The smallest absolute Gasteiger partial charge is 0.255 e. The highest BCUT2D eigenvalue weighted by Crippen LogP contribution is 2.52. The summed E-state index contributed by atoms with van der Waals surface area (Å²) in [6, 6.07) is 2.36. The number of halogens is 1. The number of rotatable bonds is 6. The van der Waals surface area contributed by atoms with Gasteiger partial charge >= 0.3 is 0 Å². The second-order valence-electron chi connectivity index (χ2n) is 10.6. The standard InChI is InChI=1S/C26H36FN3O4/c1-5-25(6-2)15-29(13-16(3)4)12-11-26(25,34)19-8-7-17-18(22(19)27)14-30(24(17)33)20-9-10-21(31)28-23(20)32/h7-8,16,20,34H,5-6,9-15H2,1-4H3,(H,28,31,32)/t20-,26-/m1/s1. The van der Waals surface area contributed by atoms with Gasteiger partial charge in [0.15, 0.2) is 0 Å². The highest BCUT2D eigenvalue weighted by Gasteiger charge is 2.54. The topological polar surface area (TPSA) is 89.9 Å². The van der Waals surface area contributed by atoms with Crippen LogP contribution < -0.4 is 5.32 Å². The summed E-state index contributed by atoms with van der Waals surface area (Å²) in [5, 5.41) is 14.4. The Hall–Kier alpha value is -2.32. The van der Waals surface area contributed by atoms with Crippen LogP contribution in [-0.4, -0.2) is 58.3 Å². The van der Waals surface area contributed by atoms with E-state index in [9.17, 15) is 19.5 Å². The lowest BCUT2D eigenvalue weighted by atomic mass is 9.61. The van der Waals surface area contributed by atoms with E-state index in [1.807, 2.05) is 13.8 Å². The molecule has 186 valence electrons. The molecule has 0 bridgehead atoms. The number of piperidine rings is 2. The molecule has 3 amide bonds. The fourth-order valence-corrected chi connectivity index (χ4v) is 6.30. The zero-order valence-electron chi connectivity index (χ0n) is 20.6. The van der Waals surface area contributed by atoms with E-state index in [-0.39, 0.29) is 42.0 Å². The molecule has 1 aromatic carbocycles. The molecule has 3 aliphatic heterocycles. The van der Waals surface area contributed by atoms with Gasteiger partial charge in [0.1, 0.15) is 17.5 Å². The predicted octanol–water partition coefficient (Wildman–Crippen LogP) is 2.94. The van der Waals surface area contributed by atoms with Crippen molar-refractivity contribution in [2.75, 3.05) is 19.6 Å². The highest BCUT2D eigenvalue weighted by atomic mass is 19.1. The molecule has 2 N–H and O–H groups in total. The number of fused-ring (bicyclic) bond motifs is 1. The molecule has 8 heteroatoms. The predicted molar refractivity (Wildman–Crippen MR) is 125 cm³/mol. The molecule has 3 heterocycles. The van der Waals surface area contributed by atoms with Crippen LogP contribution in [0.25, 0.3) is 0 Å². The van der Waals surface area contributed by atoms with Crippen LogP contribution in [0, 0.1) is 17.2 Å². The number of benzene rings is 1. The van der Waals surface area contributed by atoms with Gasteiger partial charge in [-0.3, -0.25) is 19.7 Å². The van der Waals surface area contributed by atoms with Crippen LogP contribution in [0.1, 0.15) is 81.3 Å². The maximum absolute atomic E-state index is 16.1. The second-order valence-corrected chi connectivity index (χ2v) is 10.6. The summed E-state index contributed by atoms with van der Waals surface area (Å²) in [7, 11) is 0. The Morgan fingerprint density at radius 3 is 2.53 bits per heavy atom. The van der Waals surface area contributed by atoms with Gasteiger partial charge in [0, 0.05) is 48.2 Å². The van der Waals surface area contributed by atoms with E-state index in [4.69, 9.17) is 0 Å². The van der Waals surface area contributed by atoms with Crippen molar-refractivity contribution in [1.82, 2.24) is 15.1 Å². The van der Waals surface area contributed by atoms with Crippen molar-refractivity contribution >= 4 is 17.7 Å². The average molecular weight is 474 g/mol. The minimum Gasteiger partial charge on any atom is -0.384 e. The Morgan fingerprint density at radius 1 is 1.21 bits per heavy atom. The number of aliphatic hydroxyl groups is 1. The van der Waals surface area contributed by atoms with Gasteiger partial charge in [0.05, 0.1) is 6.54 Å². The molecule has 0 saturated carbocycles. The Kier molecular flexibility index (Phi) is 6.59. The summed E-state index contributed by atoms with van der Waals surface area (Å²) in [6.07, 6.45) is 2.19. The maximum Gasteiger partial charge on any atom is 0.255 e. The van der Waals surface area contributed by atoms with Crippen molar-refractivity contribution in [2.45, 2.75) is 78.0 Å². The van der Waals surface area contributed by atoms with Gasteiger partial charge in [-0.1, -0.05) is 33.8 Å². The highest BCUT2D eigenvalue weighted by molar-refractivity contribution is 6.05. The minimum atomic E-state index is -1.35.